The minimum atomic E-state index is -0.314. The van der Waals surface area contributed by atoms with Gasteiger partial charge in [0.05, 0.1) is 5.39 Å². The number of ether oxygens (including phenoxy) is 1. The predicted octanol–water partition coefficient (Wildman–Crippen LogP) is 3.87. The number of H-pyrrole nitrogens is 1. The van der Waals surface area contributed by atoms with Crippen molar-refractivity contribution in [2.75, 3.05) is 32.9 Å². The Bertz CT molecular complexity index is 1510. The number of fused-ring (bicyclic) bond motifs is 1. The van der Waals surface area contributed by atoms with Gasteiger partial charge in [-0.1, -0.05) is 36.4 Å². The van der Waals surface area contributed by atoms with E-state index in [2.05, 4.69) is 10.2 Å². The molecule has 1 aliphatic heterocycles. The quantitative estimate of drug-likeness (QED) is 0.347. The number of carbonyl (C=O) groups excluding carboxylic acids is 1. The molecule has 38 heavy (non-hydrogen) atoms. The highest BCUT2D eigenvalue weighted by molar-refractivity contribution is 6.02. The molecular formula is C29H32N6O3. The number of nitrogens with zero attached hydrogens (tertiary/aromatic N) is 4. The lowest BCUT2D eigenvalue weighted by atomic mass is 10.1. The lowest BCUT2D eigenvalue weighted by Gasteiger charge is -2.24. The number of anilines is 1. The average molecular weight is 513 g/mol. The van der Waals surface area contributed by atoms with Crippen molar-refractivity contribution in [2.45, 2.75) is 25.4 Å². The van der Waals surface area contributed by atoms with Crippen molar-refractivity contribution in [3.63, 3.8) is 0 Å². The molecule has 5 rings (SSSR count). The number of aromatic amines is 1. The number of likely N-dealkylation sites (N-methyl/N-ethyl adjacent to an activating group) is 1. The third-order valence-electron chi connectivity index (χ3n) is 6.77. The molecule has 196 valence electrons. The molecule has 2 aromatic heterocycles. The second kappa shape index (κ2) is 10.9. The van der Waals surface area contributed by atoms with Gasteiger partial charge in [0.15, 0.2) is 5.82 Å². The second-order valence-corrected chi connectivity index (χ2v) is 9.79. The maximum atomic E-state index is 12.9. The number of nitrogens with two attached hydrogens (primary N) is 1. The zero-order valence-electron chi connectivity index (χ0n) is 21.6. The molecular weight excluding hydrogens is 480 g/mol. The van der Waals surface area contributed by atoms with Gasteiger partial charge in [-0.25, -0.2) is 5.10 Å². The van der Waals surface area contributed by atoms with Gasteiger partial charge in [0, 0.05) is 43.5 Å². The van der Waals surface area contributed by atoms with Gasteiger partial charge < -0.3 is 24.8 Å². The van der Waals surface area contributed by atoms with Crippen molar-refractivity contribution in [3.05, 3.63) is 83.3 Å². The normalized spacial score (nSPS) is 15.7. The van der Waals surface area contributed by atoms with Crippen LogP contribution in [-0.4, -0.2) is 63.7 Å². The maximum Gasteiger partial charge on any atom is 0.288 e. The molecule has 3 N–H and O–H groups in total. The van der Waals surface area contributed by atoms with Crippen LogP contribution in [0.4, 0.5) is 5.82 Å². The molecule has 2 aromatic carbocycles. The first kappa shape index (κ1) is 25.3. The van der Waals surface area contributed by atoms with Crippen LogP contribution in [0.1, 0.15) is 12.8 Å². The van der Waals surface area contributed by atoms with E-state index in [0.29, 0.717) is 36.3 Å². The van der Waals surface area contributed by atoms with Crippen molar-refractivity contribution in [3.8, 4) is 22.6 Å². The minimum Gasteiger partial charge on any atom is -0.457 e. The highest BCUT2D eigenvalue weighted by atomic mass is 16.5. The number of benzene rings is 2. The Balaban J connectivity index is 1.44. The third kappa shape index (κ3) is 5.33. The molecule has 0 bridgehead atoms. The summed E-state index contributed by atoms with van der Waals surface area (Å²) in [5, 5.41) is 7.14. The van der Waals surface area contributed by atoms with Crippen LogP contribution in [-0.2, 0) is 11.3 Å². The Morgan fingerprint density at radius 3 is 2.63 bits per heavy atom. The van der Waals surface area contributed by atoms with Crippen molar-refractivity contribution < 1.29 is 9.53 Å². The van der Waals surface area contributed by atoms with Crippen LogP contribution in [0.15, 0.2) is 77.7 Å². The van der Waals surface area contributed by atoms with E-state index in [9.17, 15) is 9.59 Å². The summed E-state index contributed by atoms with van der Waals surface area (Å²) in [4.78, 5) is 29.7. The van der Waals surface area contributed by atoms with Crippen LogP contribution in [0.25, 0.3) is 22.0 Å². The average Bonchev–Trinajstić information content (AvgIpc) is 3.53. The molecule has 1 aliphatic rings. The number of hydrogen-bond donors (Lipinski definition) is 2. The molecule has 9 heteroatoms. The molecule has 1 atom stereocenters. The summed E-state index contributed by atoms with van der Waals surface area (Å²) in [6.45, 7) is 1.89. The van der Waals surface area contributed by atoms with Crippen molar-refractivity contribution in [2.24, 2.45) is 0 Å². The smallest absolute Gasteiger partial charge is 0.288 e. The van der Waals surface area contributed by atoms with Gasteiger partial charge in [-0.2, -0.15) is 5.10 Å². The number of aromatic nitrogens is 3. The largest absolute Gasteiger partial charge is 0.457 e. The molecule has 0 saturated carbocycles. The fourth-order valence-electron chi connectivity index (χ4n) is 4.97. The van der Waals surface area contributed by atoms with E-state index in [4.69, 9.17) is 10.5 Å². The number of hydrogen-bond acceptors (Lipinski definition) is 6. The van der Waals surface area contributed by atoms with Gasteiger partial charge in [0.1, 0.15) is 17.0 Å². The zero-order chi connectivity index (χ0) is 26.6. The first-order valence-electron chi connectivity index (χ1n) is 12.7. The predicted molar refractivity (Wildman–Crippen MR) is 149 cm³/mol. The lowest BCUT2D eigenvalue weighted by molar-refractivity contribution is -0.127. The molecule has 1 fully saturated rings. The van der Waals surface area contributed by atoms with Crippen LogP contribution in [0.3, 0.4) is 0 Å². The van der Waals surface area contributed by atoms with Gasteiger partial charge in [-0.05, 0) is 56.8 Å². The molecule has 4 aromatic rings. The summed E-state index contributed by atoms with van der Waals surface area (Å²) in [7, 11) is 3.92. The molecule has 0 unspecified atom stereocenters. The summed E-state index contributed by atoms with van der Waals surface area (Å²) in [5.74, 6) is 1.71. The molecule has 0 radical (unpaired) electrons. The first-order chi connectivity index (χ1) is 18.4. The number of nitrogens with one attached hydrogen (secondary N) is 1. The lowest BCUT2D eigenvalue weighted by Crippen LogP contribution is -2.37. The number of rotatable bonds is 8. The fourth-order valence-corrected chi connectivity index (χ4v) is 4.97. The van der Waals surface area contributed by atoms with Gasteiger partial charge in [0.25, 0.3) is 5.56 Å². The van der Waals surface area contributed by atoms with Gasteiger partial charge >= 0.3 is 0 Å². The number of carbonyl (C=O) groups is 1. The number of nitrogen functional groups attached to an aromatic ring is 1. The zero-order valence-corrected chi connectivity index (χ0v) is 21.6. The topological polar surface area (TPSA) is 109 Å². The Morgan fingerprint density at radius 2 is 1.89 bits per heavy atom. The van der Waals surface area contributed by atoms with Gasteiger partial charge in [0.2, 0.25) is 5.91 Å². The van der Waals surface area contributed by atoms with Crippen LogP contribution >= 0.6 is 0 Å². The number of amides is 1. The van der Waals surface area contributed by atoms with Gasteiger partial charge in [-0.15, -0.1) is 0 Å². The fraction of sp³-hybridized carbons (Fsp3) is 0.276. The first-order valence-corrected chi connectivity index (χ1v) is 12.7. The minimum absolute atomic E-state index is 0.00451. The summed E-state index contributed by atoms with van der Waals surface area (Å²) >= 11 is 0. The van der Waals surface area contributed by atoms with Crippen LogP contribution < -0.4 is 16.0 Å². The molecule has 9 nitrogen and oxygen atoms in total. The Labute approximate surface area is 221 Å². The van der Waals surface area contributed by atoms with E-state index < -0.39 is 0 Å². The molecule has 3 heterocycles. The summed E-state index contributed by atoms with van der Waals surface area (Å²) in [6, 6.07) is 17.2. The van der Waals surface area contributed by atoms with E-state index in [1.807, 2.05) is 95.3 Å². The Kier molecular flexibility index (Phi) is 7.28. The maximum absolute atomic E-state index is 12.9. The van der Waals surface area contributed by atoms with E-state index in [0.717, 1.165) is 29.7 Å². The van der Waals surface area contributed by atoms with E-state index in [1.54, 1.807) is 6.08 Å². The van der Waals surface area contributed by atoms with Crippen LogP contribution in [0.5, 0.6) is 11.5 Å². The summed E-state index contributed by atoms with van der Waals surface area (Å²) in [5.41, 5.74) is 8.12. The van der Waals surface area contributed by atoms with Gasteiger partial charge in [-0.3, -0.25) is 9.59 Å². The summed E-state index contributed by atoms with van der Waals surface area (Å²) < 4.78 is 7.84. The standard InChI is InChI=1S/C29H32N6O3/c1-33(2)16-7-11-25(36)35-17-6-8-21(35)18-34-19-24(26-27(34)29(37)32-31-28(26)30)20-12-14-23(15-13-20)38-22-9-4-3-5-10-22/h3-5,7,9-15,19,21H,6,8,16-18H2,1-2H3,(H2,30,31)(H,32,37)/b11-7+/t21-/m1/s1. The second-order valence-electron chi connectivity index (χ2n) is 9.79. The van der Waals surface area contributed by atoms with Crippen LogP contribution in [0, 0.1) is 0 Å². The van der Waals surface area contributed by atoms with Crippen molar-refractivity contribution in [1.29, 1.82) is 0 Å². The van der Waals surface area contributed by atoms with Crippen LogP contribution in [0.2, 0.25) is 0 Å². The SMILES string of the molecule is CN(C)C/C=C/C(=O)N1CCC[C@@H]1Cn1cc(-c2ccc(Oc3ccccc3)cc2)c2c(N)n[nH]c(=O)c21. The summed E-state index contributed by atoms with van der Waals surface area (Å²) in [6.07, 6.45) is 7.25. The Hall–Kier alpha value is -4.37. The molecule has 0 spiro atoms. The molecule has 0 aliphatic carbocycles. The Morgan fingerprint density at radius 1 is 1.16 bits per heavy atom. The van der Waals surface area contributed by atoms with E-state index in [1.165, 1.54) is 0 Å². The number of para-hydroxylation sites is 1. The van der Waals surface area contributed by atoms with Crippen molar-refractivity contribution >= 4 is 22.6 Å². The third-order valence-corrected chi connectivity index (χ3v) is 6.77. The number of likely N-dealkylation sites (tertiary alicyclic amines) is 1. The van der Waals surface area contributed by atoms with E-state index >= 15 is 0 Å². The highest BCUT2D eigenvalue weighted by Crippen LogP contribution is 2.34. The molecule has 1 saturated heterocycles. The van der Waals surface area contributed by atoms with Crippen molar-refractivity contribution in [1.82, 2.24) is 24.6 Å². The monoisotopic (exact) mass is 512 g/mol. The van der Waals surface area contributed by atoms with E-state index in [-0.39, 0.29) is 23.3 Å². The molecule has 1 amide bonds. The highest BCUT2D eigenvalue weighted by Gasteiger charge is 2.29.